The van der Waals surface area contributed by atoms with Gasteiger partial charge in [0.1, 0.15) is 0 Å². The van der Waals surface area contributed by atoms with Crippen molar-refractivity contribution < 1.29 is 9.90 Å². The number of allylic oxidation sites excluding steroid dienone is 2. The fourth-order valence-electron chi connectivity index (χ4n) is 1.83. The quantitative estimate of drug-likeness (QED) is 0.669. The van der Waals surface area contributed by atoms with E-state index in [1.165, 1.54) is 0 Å². The Morgan fingerprint density at radius 2 is 2.36 bits per heavy atom. The van der Waals surface area contributed by atoms with E-state index < -0.39 is 0 Å². The third-order valence-corrected chi connectivity index (χ3v) is 2.59. The Morgan fingerprint density at radius 3 is 3.00 bits per heavy atom. The fraction of sp³-hybridized carbons (Fsp3) is 0.364. The summed E-state index contributed by atoms with van der Waals surface area (Å²) >= 11 is 0. The second kappa shape index (κ2) is 3.42. The van der Waals surface area contributed by atoms with Gasteiger partial charge < -0.3 is 10.4 Å². The summed E-state index contributed by atoms with van der Waals surface area (Å²) in [7, 11) is 0. The molecule has 2 unspecified atom stereocenters. The van der Waals surface area contributed by atoms with E-state index in [0.717, 1.165) is 11.3 Å². The molecule has 0 saturated carbocycles. The lowest BCUT2D eigenvalue weighted by Crippen LogP contribution is -2.28. The summed E-state index contributed by atoms with van der Waals surface area (Å²) in [6.07, 6.45) is 7.73. The van der Waals surface area contributed by atoms with Gasteiger partial charge >= 0.3 is 0 Å². The lowest BCUT2D eigenvalue weighted by molar-refractivity contribution is -0.113. The number of ketones is 1. The third kappa shape index (κ3) is 1.51. The van der Waals surface area contributed by atoms with E-state index in [1.807, 2.05) is 24.3 Å². The zero-order valence-electron chi connectivity index (χ0n) is 8.03. The van der Waals surface area contributed by atoms with Crippen LogP contribution >= 0.6 is 0 Å². The van der Waals surface area contributed by atoms with E-state index in [2.05, 4.69) is 5.32 Å². The summed E-state index contributed by atoms with van der Waals surface area (Å²) in [5, 5.41) is 12.1. The molecule has 1 heterocycles. The van der Waals surface area contributed by atoms with Crippen LogP contribution in [0.5, 0.6) is 0 Å². The molecule has 0 aromatic heterocycles. The molecule has 0 aromatic carbocycles. The Balaban J connectivity index is 2.21. The molecule has 1 aliphatic carbocycles. The van der Waals surface area contributed by atoms with Crippen LogP contribution < -0.4 is 5.32 Å². The van der Waals surface area contributed by atoms with Gasteiger partial charge in [0.05, 0.1) is 12.6 Å². The largest absolute Gasteiger partial charge is 0.390 e. The number of Topliss-reactive ketones (excluding diaryl/α,β-unsaturated/α-hetero) is 1. The van der Waals surface area contributed by atoms with Gasteiger partial charge in [-0.05, 0) is 6.92 Å². The molecule has 74 valence electrons. The molecule has 0 spiro atoms. The molecule has 0 bridgehead atoms. The molecule has 0 aromatic rings. The predicted octanol–water partition coefficient (Wildman–Crippen LogP) is 0.536. The van der Waals surface area contributed by atoms with E-state index in [9.17, 15) is 4.79 Å². The molecule has 1 aliphatic heterocycles. The van der Waals surface area contributed by atoms with Gasteiger partial charge in [0.2, 0.25) is 0 Å². The maximum atomic E-state index is 11.1. The van der Waals surface area contributed by atoms with Crippen LogP contribution in [-0.2, 0) is 4.79 Å². The van der Waals surface area contributed by atoms with Gasteiger partial charge in [0.15, 0.2) is 5.78 Å². The van der Waals surface area contributed by atoms with E-state index >= 15 is 0 Å². The standard InChI is InChI=1S/C11H13NO2/c1-7(14)8-2-3-11-9(4-8)5-10(6-13)12-11/h2-5,9,11-13H,6H2,1H3. The first-order chi connectivity index (χ1) is 6.70. The maximum absolute atomic E-state index is 11.1. The smallest absolute Gasteiger partial charge is 0.159 e. The second-order valence-electron chi connectivity index (χ2n) is 3.63. The first-order valence-electron chi connectivity index (χ1n) is 4.70. The van der Waals surface area contributed by atoms with Gasteiger partial charge in [-0.1, -0.05) is 24.3 Å². The lowest BCUT2D eigenvalue weighted by atomic mass is 9.92. The summed E-state index contributed by atoms with van der Waals surface area (Å²) in [5.41, 5.74) is 1.59. The molecule has 3 heteroatoms. The summed E-state index contributed by atoms with van der Waals surface area (Å²) in [6.45, 7) is 1.60. The van der Waals surface area contributed by atoms with Crippen LogP contribution in [0, 0.1) is 5.92 Å². The van der Waals surface area contributed by atoms with Gasteiger partial charge in [-0.2, -0.15) is 0 Å². The number of rotatable bonds is 2. The highest BCUT2D eigenvalue weighted by Crippen LogP contribution is 2.25. The SMILES string of the molecule is CC(=O)C1=CC2C=C(CO)NC2C=C1. The number of carbonyl (C=O) groups excluding carboxylic acids is 1. The predicted molar refractivity (Wildman–Crippen MR) is 53.5 cm³/mol. The summed E-state index contributed by atoms with van der Waals surface area (Å²) < 4.78 is 0. The minimum Gasteiger partial charge on any atom is -0.390 e. The topological polar surface area (TPSA) is 49.3 Å². The van der Waals surface area contributed by atoms with Crippen molar-refractivity contribution in [2.75, 3.05) is 6.61 Å². The molecular weight excluding hydrogens is 178 g/mol. The van der Waals surface area contributed by atoms with E-state index in [0.29, 0.717) is 0 Å². The molecule has 0 amide bonds. The number of aliphatic hydroxyl groups excluding tert-OH is 1. The molecule has 0 saturated heterocycles. The number of hydrogen-bond acceptors (Lipinski definition) is 3. The fourth-order valence-corrected chi connectivity index (χ4v) is 1.83. The van der Waals surface area contributed by atoms with Crippen molar-refractivity contribution in [2.45, 2.75) is 13.0 Å². The van der Waals surface area contributed by atoms with Crippen LogP contribution in [0.2, 0.25) is 0 Å². The third-order valence-electron chi connectivity index (χ3n) is 2.59. The summed E-state index contributed by atoms with van der Waals surface area (Å²) in [6, 6.07) is 0.209. The van der Waals surface area contributed by atoms with Gasteiger partial charge in [-0.15, -0.1) is 0 Å². The average Bonchev–Trinajstić information content (AvgIpc) is 2.58. The highest BCUT2D eigenvalue weighted by atomic mass is 16.3. The minimum absolute atomic E-state index is 0.0318. The van der Waals surface area contributed by atoms with Crippen molar-refractivity contribution in [1.29, 1.82) is 0 Å². The molecule has 0 radical (unpaired) electrons. The number of nitrogens with one attached hydrogen (secondary N) is 1. The lowest BCUT2D eigenvalue weighted by Gasteiger charge is -2.18. The van der Waals surface area contributed by atoms with Crippen LogP contribution in [-0.4, -0.2) is 23.5 Å². The summed E-state index contributed by atoms with van der Waals surface area (Å²) in [5.74, 6) is 0.298. The number of fused-ring (bicyclic) bond motifs is 1. The van der Waals surface area contributed by atoms with E-state index in [1.54, 1.807) is 6.92 Å². The molecule has 0 fully saturated rings. The Bertz CT molecular complexity index is 352. The van der Waals surface area contributed by atoms with Crippen LogP contribution in [0.15, 0.2) is 35.6 Å². The van der Waals surface area contributed by atoms with Crippen LogP contribution in [0.4, 0.5) is 0 Å². The first kappa shape index (κ1) is 9.21. The van der Waals surface area contributed by atoms with Crippen molar-refractivity contribution >= 4 is 5.78 Å². The molecule has 3 nitrogen and oxygen atoms in total. The summed E-state index contributed by atoms with van der Waals surface area (Å²) in [4.78, 5) is 11.1. The Hall–Kier alpha value is -1.35. The highest BCUT2D eigenvalue weighted by Gasteiger charge is 2.25. The zero-order chi connectivity index (χ0) is 10.1. The van der Waals surface area contributed by atoms with E-state index in [-0.39, 0.29) is 24.3 Å². The number of aliphatic hydroxyl groups is 1. The number of carbonyl (C=O) groups is 1. The second-order valence-corrected chi connectivity index (χ2v) is 3.63. The first-order valence-corrected chi connectivity index (χ1v) is 4.70. The Morgan fingerprint density at radius 1 is 1.57 bits per heavy atom. The van der Waals surface area contributed by atoms with E-state index in [4.69, 9.17) is 5.11 Å². The van der Waals surface area contributed by atoms with Gasteiger partial charge in [0, 0.05) is 17.2 Å². The zero-order valence-corrected chi connectivity index (χ0v) is 8.03. The van der Waals surface area contributed by atoms with Gasteiger partial charge in [-0.3, -0.25) is 4.79 Å². The average molecular weight is 191 g/mol. The monoisotopic (exact) mass is 191 g/mol. The van der Waals surface area contributed by atoms with Crippen LogP contribution in [0.1, 0.15) is 6.92 Å². The van der Waals surface area contributed by atoms with Gasteiger partial charge in [0.25, 0.3) is 0 Å². The van der Waals surface area contributed by atoms with Crippen molar-refractivity contribution in [3.05, 3.63) is 35.6 Å². The van der Waals surface area contributed by atoms with Crippen molar-refractivity contribution in [3.8, 4) is 0 Å². The molecule has 14 heavy (non-hydrogen) atoms. The molecule has 2 aliphatic rings. The molecular formula is C11H13NO2. The highest BCUT2D eigenvalue weighted by molar-refractivity contribution is 5.96. The Labute approximate surface area is 82.8 Å². The van der Waals surface area contributed by atoms with Crippen LogP contribution in [0.3, 0.4) is 0 Å². The molecule has 2 atom stereocenters. The van der Waals surface area contributed by atoms with Crippen molar-refractivity contribution in [1.82, 2.24) is 5.32 Å². The minimum atomic E-state index is 0.0318. The molecule has 2 rings (SSSR count). The number of hydrogen-bond donors (Lipinski definition) is 2. The van der Waals surface area contributed by atoms with Crippen LogP contribution in [0.25, 0.3) is 0 Å². The van der Waals surface area contributed by atoms with Crippen molar-refractivity contribution in [3.63, 3.8) is 0 Å². The van der Waals surface area contributed by atoms with Gasteiger partial charge in [-0.25, -0.2) is 0 Å². The van der Waals surface area contributed by atoms with Crippen molar-refractivity contribution in [2.24, 2.45) is 5.92 Å². The molecule has 2 N–H and O–H groups in total. The Kier molecular flexibility index (Phi) is 2.25. The normalized spacial score (nSPS) is 29.0. The maximum Gasteiger partial charge on any atom is 0.159 e.